The summed E-state index contributed by atoms with van der Waals surface area (Å²) < 4.78 is 10.2. The van der Waals surface area contributed by atoms with Gasteiger partial charge in [0.15, 0.2) is 0 Å². The number of hydrogen-bond acceptors (Lipinski definition) is 4. The molecule has 0 aromatic heterocycles. The second-order valence-electron chi connectivity index (χ2n) is 7.43. The molecule has 0 radical (unpaired) electrons. The Balaban J connectivity index is 2.16. The van der Waals surface area contributed by atoms with E-state index in [9.17, 15) is 9.59 Å². The fraction of sp³-hybridized carbons (Fsp3) is 0.429. The maximum Gasteiger partial charge on any atom is 0.412 e. The van der Waals surface area contributed by atoms with E-state index in [1.54, 1.807) is 0 Å². The monoisotopic (exact) mass is 357 g/mol. The average Bonchev–Trinajstić information content (AvgIpc) is 2.75. The molecule has 5 nitrogen and oxygen atoms in total. The number of allylic oxidation sites excluding steroid dienone is 3. The van der Waals surface area contributed by atoms with Crippen LogP contribution in [0.3, 0.4) is 0 Å². The zero-order valence-corrected chi connectivity index (χ0v) is 16.1. The molecule has 0 saturated carbocycles. The van der Waals surface area contributed by atoms with Crippen LogP contribution in [0.4, 0.5) is 10.5 Å². The molecule has 1 aromatic carbocycles. The van der Waals surface area contributed by atoms with Crippen molar-refractivity contribution >= 4 is 23.3 Å². The second kappa shape index (κ2) is 8.21. The third kappa shape index (κ3) is 5.48. The van der Waals surface area contributed by atoms with Crippen molar-refractivity contribution in [3.05, 3.63) is 47.6 Å². The number of carbonyl (C=O) groups is 2. The first kappa shape index (κ1) is 19.8. The molecule has 0 spiro atoms. The first-order chi connectivity index (χ1) is 12.2. The first-order valence-corrected chi connectivity index (χ1v) is 8.80. The molecule has 1 aromatic rings. The molecule has 5 heteroatoms. The SMILES string of the molecule is COC(=O)C1=CC(c2ccc(NC(=O)OC(C)(C)C)cc2)=CCCC1C. The third-order valence-corrected chi connectivity index (χ3v) is 4.09. The molecular weight excluding hydrogens is 330 g/mol. The summed E-state index contributed by atoms with van der Waals surface area (Å²) in [6, 6.07) is 7.47. The number of amides is 1. The van der Waals surface area contributed by atoms with Gasteiger partial charge >= 0.3 is 12.1 Å². The predicted octanol–water partition coefficient (Wildman–Crippen LogP) is 4.95. The van der Waals surface area contributed by atoms with Crippen molar-refractivity contribution in [1.29, 1.82) is 0 Å². The first-order valence-electron chi connectivity index (χ1n) is 8.80. The number of hydrogen-bond donors (Lipinski definition) is 1. The van der Waals surface area contributed by atoms with Gasteiger partial charge in [0.25, 0.3) is 0 Å². The van der Waals surface area contributed by atoms with Gasteiger partial charge in [0.1, 0.15) is 5.60 Å². The van der Waals surface area contributed by atoms with Gasteiger partial charge in [0.2, 0.25) is 0 Å². The normalized spacial score (nSPS) is 17.5. The largest absolute Gasteiger partial charge is 0.466 e. The van der Waals surface area contributed by atoms with E-state index in [0.29, 0.717) is 11.3 Å². The van der Waals surface area contributed by atoms with E-state index < -0.39 is 11.7 Å². The number of esters is 1. The number of anilines is 1. The van der Waals surface area contributed by atoms with Crippen LogP contribution >= 0.6 is 0 Å². The molecule has 1 aliphatic rings. The lowest BCUT2D eigenvalue weighted by atomic mass is 9.96. The Morgan fingerprint density at radius 3 is 2.38 bits per heavy atom. The van der Waals surface area contributed by atoms with E-state index in [0.717, 1.165) is 24.0 Å². The van der Waals surface area contributed by atoms with Gasteiger partial charge in [-0.25, -0.2) is 9.59 Å². The second-order valence-corrected chi connectivity index (χ2v) is 7.43. The van der Waals surface area contributed by atoms with Gasteiger partial charge in [0, 0.05) is 11.3 Å². The standard InChI is InChI=1S/C21H27NO4/c1-14-7-6-8-16(13-18(14)19(23)25-5)15-9-11-17(12-10-15)22-20(24)26-21(2,3)4/h8-14H,6-7H2,1-5H3,(H,22,24). The van der Waals surface area contributed by atoms with Gasteiger partial charge in [-0.05, 0) is 68.9 Å². The summed E-state index contributed by atoms with van der Waals surface area (Å²) in [6.45, 7) is 7.49. The molecule has 140 valence electrons. The van der Waals surface area contributed by atoms with Crippen molar-refractivity contribution in [2.24, 2.45) is 5.92 Å². The van der Waals surface area contributed by atoms with Crippen LogP contribution in [0, 0.1) is 5.92 Å². The summed E-state index contributed by atoms with van der Waals surface area (Å²) in [4.78, 5) is 23.9. The molecule has 1 N–H and O–H groups in total. The van der Waals surface area contributed by atoms with E-state index in [1.807, 2.05) is 58.0 Å². The molecule has 1 unspecified atom stereocenters. The van der Waals surface area contributed by atoms with E-state index in [2.05, 4.69) is 11.4 Å². The van der Waals surface area contributed by atoms with Gasteiger partial charge in [-0.15, -0.1) is 0 Å². The Hall–Kier alpha value is -2.56. The molecule has 1 amide bonds. The number of nitrogens with one attached hydrogen (secondary N) is 1. The molecular formula is C21H27NO4. The van der Waals surface area contributed by atoms with Gasteiger partial charge in [-0.1, -0.05) is 25.1 Å². The van der Waals surface area contributed by atoms with E-state index >= 15 is 0 Å². The van der Waals surface area contributed by atoms with Crippen LogP contribution in [0.5, 0.6) is 0 Å². The number of rotatable bonds is 3. The van der Waals surface area contributed by atoms with Crippen LogP contribution in [0.25, 0.3) is 5.57 Å². The van der Waals surface area contributed by atoms with Gasteiger partial charge in [-0.2, -0.15) is 0 Å². The Kier molecular flexibility index (Phi) is 6.24. The zero-order chi connectivity index (χ0) is 19.3. The maximum absolute atomic E-state index is 12.0. The molecule has 0 bridgehead atoms. The molecule has 0 saturated heterocycles. The third-order valence-electron chi connectivity index (χ3n) is 4.09. The number of carbonyl (C=O) groups excluding carboxylic acids is 2. The van der Waals surface area contributed by atoms with Crippen LogP contribution in [0.15, 0.2) is 42.0 Å². The van der Waals surface area contributed by atoms with Crippen molar-refractivity contribution in [3.8, 4) is 0 Å². The minimum Gasteiger partial charge on any atom is -0.466 e. The Morgan fingerprint density at radius 1 is 1.15 bits per heavy atom. The van der Waals surface area contributed by atoms with Crippen LogP contribution in [-0.2, 0) is 14.3 Å². The Bertz CT molecular complexity index is 723. The summed E-state index contributed by atoms with van der Waals surface area (Å²) in [6.07, 6.45) is 5.34. The number of benzene rings is 1. The van der Waals surface area contributed by atoms with Crippen molar-refractivity contribution in [2.75, 3.05) is 12.4 Å². The molecule has 0 heterocycles. The van der Waals surface area contributed by atoms with E-state index in [1.165, 1.54) is 7.11 Å². The fourth-order valence-corrected chi connectivity index (χ4v) is 2.76. The molecule has 1 aliphatic carbocycles. The topological polar surface area (TPSA) is 64.6 Å². The molecule has 1 atom stereocenters. The quantitative estimate of drug-likeness (QED) is 0.778. The molecule has 0 aliphatic heterocycles. The lowest BCUT2D eigenvalue weighted by Gasteiger charge is -2.19. The lowest BCUT2D eigenvalue weighted by Crippen LogP contribution is -2.27. The summed E-state index contributed by atoms with van der Waals surface area (Å²) in [7, 11) is 1.40. The van der Waals surface area contributed by atoms with Gasteiger partial charge in [0.05, 0.1) is 7.11 Å². The highest BCUT2D eigenvalue weighted by molar-refractivity contribution is 5.93. The summed E-state index contributed by atoms with van der Waals surface area (Å²) >= 11 is 0. The highest BCUT2D eigenvalue weighted by atomic mass is 16.6. The molecule has 2 rings (SSSR count). The van der Waals surface area contributed by atoms with Crippen molar-refractivity contribution in [3.63, 3.8) is 0 Å². The highest BCUT2D eigenvalue weighted by Crippen LogP contribution is 2.29. The minimum absolute atomic E-state index is 0.157. The number of methoxy groups -OCH3 is 1. The van der Waals surface area contributed by atoms with Crippen LogP contribution in [0.1, 0.15) is 46.1 Å². The van der Waals surface area contributed by atoms with Crippen LogP contribution in [0.2, 0.25) is 0 Å². The summed E-state index contributed by atoms with van der Waals surface area (Å²) in [5.74, 6) is -0.127. The zero-order valence-electron chi connectivity index (χ0n) is 16.1. The maximum atomic E-state index is 12.0. The van der Waals surface area contributed by atoms with Crippen LogP contribution < -0.4 is 5.32 Å². The predicted molar refractivity (Wildman–Crippen MR) is 103 cm³/mol. The van der Waals surface area contributed by atoms with Crippen molar-refractivity contribution < 1.29 is 19.1 Å². The van der Waals surface area contributed by atoms with Gasteiger partial charge in [-0.3, -0.25) is 5.32 Å². The van der Waals surface area contributed by atoms with Crippen LogP contribution in [-0.4, -0.2) is 24.8 Å². The average molecular weight is 357 g/mol. The molecule has 0 fully saturated rings. The smallest absolute Gasteiger partial charge is 0.412 e. The Morgan fingerprint density at radius 2 is 1.81 bits per heavy atom. The fourth-order valence-electron chi connectivity index (χ4n) is 2.76. The van der Waals surface area contributed by atoms with Gasteiger partial charge < -0.3 is 9.47 Å². The van der Waals surface area contributed by atoms with Crippen molar-refractivity contribution in [2.45, 2.75) is 46.1 Å². The minimum atomic E-state index is -0.541. The summed E-state index contributed by atoms with van der Waals surface area (Å²) in [5.41, 5.74) is 2.77. The Labute approximate surface area is 155 Å². The highest BCUT2D eigenvalue weighted by Gasteiger charge is 2.20. The molecule has 26 heavy (non-hydrogen) atoms. The van der Waals surface area contributed by atoms with E-state index in [-0.39, 0.29) is 11.9 Å². The number of ether oxygens (including phenoxy) is 2. The summed E-state index contributed by atoms with van der Waals surface area (Å²) in [5, 5.41) is 2.71. The van der Waals surface area contributed by atoms with E-state index in [4.69, 9.17) is 9.47 Å². The van der Waals surface area contributed by atoms with Crippen molar-refractivity contribution in [1.82, 2.24) is 0 Å². The lowest BCUT2D eigenvalue weighted by molar-refractivity contribution is -0.136.